The molecule has 0 saturated heterocycles. The summed E-state index contributed by atoms with van der Waals surface area (Å²) in [5, 5.41) is 0. The molecule has 1 aromatic rings. The molecule has 0 aliphatic rings. The third-order valence-electron chi connectivity index (χ3n) is 7.29. The van der Waals surface area contributed by atoms with E-state index >= 15 is 0 Å². The second kappa shape index (κ2) is 36.9. The van der Waals surface area contributed by atoms with Crippen LogP contribution in [0.25, 0.3) is 0 Å². The summed E-state index contributed by atoms with van der Waals surface area (Å²) >= 11 is 0. The lowest BCUT2D eigenvalue weighted by Crippen LogP contribution is -2.40. The Hall–Kier alpha value is -3.83. The summed E-state index contributed by atoms with van der Waals surface area (Å²) < 4.78 is 43.7. The highest BCUT2D eigenvalue weighted by atomic mass is 16.5. The average Bonchev–Trinajstić information content (AvgIpc) is 3.15. The SMILES string of the molecule is CC/C=C/OCC(CO/C=C/CCCC(=O)OCC)(CO/C=C/CCCC(=O)OCC)COCCCCCCCOCc1ccccc1.COC=O. The van der Waals surface area contributed by atoms with Gasteiger partial charge in [-0.2, -0.15) is 0 Å². The summed E-state index contributed by atoms with van der Waals surface area (Å²) in [6.07, 6.45) is 20.7. The molecular weight excluding hydrogens is 668 g/mol. The third kappa shape index (κ3) is 30.9. The Bertz CT molecular complexity index is 1020. The fourth-order valence-electron chi connectivity index (χ4n) is 4.55. The van der Waals surface area contributed by atoms with Crippen LogP contribution in [0.4, 0.5) is 0 Å². The normalized spacial score (nSPS) is 11.3. The minimum Gasteiger partial charge on any atom is -0.501 e. The van der Waals surface area contributed by atoms with Gasteiger partial charge in [0, 0.05) is 26.1 Å². The first-order valence-corrected chi connectivity index (χ1v) is 18.7. The summed E-state index contributed by atoms with van der Waals surface area (Å²) in [7, 11) is 1.31. The lowest BCUT2D eigenvalue weighted by Gasteiger charge is -2.31. The molecule has 0 spiro atoms. The van der Waals surface area contributed by atoms with Crippen LogP contribution in [-0.4, -0.2) is 78.4 Å². The zero-order chi connectivity index (χ0) is 38.2. The van der Waals surface area contributed by atoms with Gasteiger partial charge in [-0.1, -0.05) is 62.6 Å². The lowest BCUT2D eigenvalue weighted by atomic mass is 9.92. The number of hydrogen-bond acceptors (Lipinski definition) is 11. The highest BCUT2D eigenvalue weighted by Gasteiger charge is 2.33. The number of esters is 2. The van der Waals surface area contributed by atoms with Gasteiger partial charge >= 0.3 is 11.9 Å². The smallest absolute Gasteiger partial charge is 0.305 e. The van der Waals surface area contributed by atoms with Crippen LogP contribution in [0.1, 0.15) is 103 Å². The Labute approximate surface area is 313 Å². The molecule has 11 nitrogen and oxygen atoms in total. The summed E-state index contributed by atoms with van der Waals surface area (Å²) in [5.74, 6) is -0.363. The molecule has 52 heavy (non-hydrogen) atoms. The van der Waals surface area contributed by atoms with Crippen molar-refractivity contribution in [3.05, 3.63) is 72.9 Å². The Morgan fingerprint density at radius 3 is 1.60 bits per heavy atom. The molecule has 0 radical (unpaired) electrons. The summed E-state index contributed by atoms with van der Waals surface area (Å²) in [4.78, 5) is 32.1. The van der Waals surface area contributed by atoms with Crippen LogP contribution in [0.3, 0.4) is 0 Å². The number of hydrogen-bond donors (Lipinski definition) is 0. The molecule has 296 valence electrons. The minimum absolute atomic E-state index is 0.181. The summed E-state index contributed by atoms with van der Waals surface area (Å²) in [6, 6.07) is 10.3. The molecular formula is C41H66O11. The second-order valence-corrected chi connectivity index (χ2v) is 12.0. The van der Waals surface area contributed by atoms with Gasteiger partial charge in [-0.3, -0.25) is 14.4 Å². The molecule has 0 saturated carbocycles. The van der Waals surface area contributed by atoms with Gasteiger partial charge in [0.15, 0.2) is 0 Å². The molecule has 0 aliphatic heterocycles. The van der Waals surface area contributed by atoms with E-state index in [9.17, 15) is 9.59 Å². The van der Waals surface area contributed by atoms with Crippen LogP contribution < -0.4 is 0 Å². The van der Waals surface area contributed by atoms with Gasteiger partial charge in [-0.15, -0.1) is 0 Å². The molecule has 0 heterocycles. The molecule has 0 fully saturated rings. The van der Waals surface area contributed by atoms with E-state index in [2.05, 4.69) is 23.8 Å². The quantitative estimate of drug-likeness (QED) is 0.0227. The van der Waals surface area contributed by atoms with Gasteiger partial charge in [-0.05, 0) is 76.5 Å². The fourth-order valence-corrected chi connectivity index (χ4v) is 4.55. The summed E-state index contributed by atoms with van der Waals surface area (Å²) in [6.45, 7) is 10.4. The number of unbranched alkanes of at least 4 members (excludes halogenated alkanes) is 6. The van der Waals surface area contributed by atoms with E-state index < -0.39 is 5.41 Å². The molecule has 0 atom stereocenters. The van der Waals surface area contributed by atoms with Crippen LogP contribution >= 0.6 is 0 Å². The van der Waals surface area contributed by atoms with Crippen molar-refractivity contribution < 1.29 is 52.3 Å². The predicted molar refractivity (Wildman–Crippen MR) is 202 cm³/mol. The van der Waals surface area contributed by atoms with Gasteiger partial charge in [0.1, 0.15) is 19.8 Å². The molecule has 0 N–H and O–H groups in total. The van der Waals surface area contributed by atoms with Crippen LogP contribution in [0.15, 0.2) is 67.3 Å². The van der Waals surface area contributed by atoms with Crippen molar-refractivity contribution in [2.45, 2.75) is 104 Å². The highest BCUT2D eigenvalue weighted by molar-refractivity contribution is 5.69. The van der Waals surface area contributed by atoms with Gasteiger partial charge in [0.2, 0.25) is 0 Å². The first kappa shape index (κ1) is 48.2. The largest absolute Gasteiger partial charge is 0.501 e. The Morgan fingerprint density at radius 1 is 0.635 bits per heavy atom. The molecule has 1 aromatic carbocycles. The number of carbonyl (C=O) groups excluding carboxylic acids is 3. The average molecular weight is 735 g/mol. The van der Waals surface area contributed by atoms with Crippen molar-refractivity contribution in [1.29, 1.82) is 0 Å². The summed E-state index contributed by atoms with van der Waals surface area (Å²) in [5.41, 5.74) is 0.649. The molecule has 11 heteroatoms. The lowest BCUT2D eigenvalue weighted by molar-refractivity contribution is -0.144. The highest BCUT2D eigenvalue weighted by Crippen LogP contribution is 2.22. The van der Waals surface area contributed by atoms with Crippen molar-refractivity contribution in [1.82, 2.24) is 0 Å². The molecule has 0 unspecified atom stereocenters. The van der Waals surface area contributed by atoms with Crippen LogP contribution in [0.5, 0.6) is 0 Å². The Balaban J connectivity index is 0.00000615. The minimum atomic E-state index is -0.557. The van der Waals surface area contributed by atoms with Crippen LogP contribution in [-0.2, 0) is 58.9 Å². The van der Waals surface area contributed by atoms with Gasteiger partial charge < -0.3 is 37.9 Å². The Morgan fingerprint density at radius 2 is 1.12 bits per heavy atom. The van der Waals surface area contributed by atoms with E-state index in [0.717, 1.165) is 45.1 Å². The first-order valence-electron chi connectivity index (χ1n) is 18.7. The van der Waals surface area contributed by atoms with E-state index in [4.69, 9.17) is 38.0 Å². The number of allylic oxidation sites excluding steroid dienone is 3. The van der Waals surface area contributed by atoms with E-state index in [1.807, 2.05) is 36.4 Å². The molecule has 1 rings (SSSR count). The zero-order valence-corrected chi connectivity index (χ0v) is 32.3. The van der Waals surface area contributed by atoms with Crippen molar-refractivity contribution in [2.75, 3.05) is 60.0 Å². The van der Waals surface area contributed by atoms with E-state index in [1.165, 1.54) is 12.7 Å². The molecule has 0 aromatic heterocycles. The maximum absolute atomic E-state index is 11.6. The number of methoxy groups -OCH3 is 1. The molecule has 0 aliphatic carbocycles. The third-order valence-corrected chi connectivity index (χ3v) is 7.29. The van der Waals surface area contributed by atoms with E-state index in [1.54, 1.807) is 32.6 Å². The van der Waals surface area contributed by atoms with E-state index in [0.29, 0.717) is 97.9 Å². The van der Waals surface area contributed by atoms with Gasteiger partial charge in [-0.25, -0.2) is 0 Å². The number of carbonyl (C=O) groups is 3. The maximum Gasteiger partial charge on any atom is 0.305 e. The van der Waals surface area contributed by atoms with Gasteiger partial charge in [0.05, 0.1) is 57.7 Å². The first-order chi connectivity index (χ1) is 25.5. The van der Waals surface area contributed by atoms with Crippen LogP contribution in [0, 0.1) is 5.41 Å². The monoisotopic (exact) mass is 734 g/mol. The predicted octanol–water partition coefficient (Wildman–Crippen LogP) is 8.41. The standard InChI is InChI=1S/C39H62O9.C2H4O2/c1-4-7-26-43-32-39(34-45-29-20-12-16-24-37(40)47-5-2,35-46-30-21-13-17-25-38(41)48-6-3)33-44-28-19-10-8-9-18-27-42-31-36-22-14-11-15-23-36;1-4-2-3/h7,11,14-15,20-23,26,29-30H,4-6,8-10,12-13,16-19,24-25,27-28,31-35H2,1-3H3;2H,1H3/b26-7+,29-20+,30-21+;. The topological polar surface area (TPSA) is 125 Å². The molecule has 0 bridgehead atoms. The van der Waals surface area contributed by atoms with Crippen molar-refractivity contribution in [3.63, 3.8) is 0 Å². The fraction of sp³-hybridized carbons (Fsp3) is 0.634. The van der Waals surface area contributed by atoms with Crippen molar-refractivity contribution >= 4 is 18.4 Å². The van der Waals surface area contributed by atoms with Gasteiger partial charge in [0.25, 0.3) is 6.47 Å². The zero-order valence-electron chi connectivity index (χ0n) is 32.3. The Kier molecular flexibility index (Phi) is 34.2. The maximum atomic E-state index is 11.6. The number of ether oxygens (including phenoxy) is 8. The second-order valence-electron chi connectivity index (χ2n) is 12.0. The van der Waals surface area contributed by atoms with Crippen molar-refractivity contribution in [3.8, 4) is 0 Å². The number of benzene rings is 1. The van der Waals surface area contributed by atoms with Crippen molar-refractivity contribution in [2.24, 2.45) is 5.41 Å². The number of rotatable bonds is 33. The van der Waals surface area contributed by atoms with E-state index in [-0.39, 0.29) is 11.9 Å². The van der Waals surface area contributed by atoms with Crippen LogP contribution in [0.2, 0.25) is 0 Å². The molecule has 0 amide bonds.